The normalized spacial score (nSPS) is 13.1. The number of hydrogen-bond acceptors (Lipinski definition) is 4. The fraction of sp³-hybridized carbons (Fsp3) is 0.217. The zero-order valence-electron chi connectivity index (χ0n) is 16.1. The van der Waals surface area contributed by atoms with E-state index in [0.717, 1.165) is 53.1 Å². The summed E-state index contributed by atoms with van der Waals surface area (Å²) in [6.07, 6.45) is 3.81. The van der Waals surface area contributed by atoms with Crippen molar-refractivity contribution in [2.45, 2.75) is 20.4 Å². The minimum atomic E-state index is 0.727. The van der Waals surface area contributed by atoms with Gasteiger partial charge in [-0.05, 0) is 55.8 Å². The third-order valence-corrected chi connectivity index (χ3v) is 5.30. The molecule has 0 N–H and O–H groups in total. The van der Waals surface area contributed by atoms with E-state index in [-0.39, 0.29) is 0 Å². The van der Waals surface area contributed by atoms with E-state index >= 15 is 0 Å². The maximum absolute atomic E-state index is 6.11. The Bertz CT molecular complexity index is 993. The summed E-state index contributed by atoms with van der Waals surface area (Å²) in [5.74, 6) is 0.905. The highest BCUT2D eigenvalue weighted by Crippen LogP contribution is 2.32. The molecular formula is C23H23ClN4. The van der Waals surface area contributed by atoms with Crippen LogP contribution in [-0.4, -0.2) is 23.9 Å². The van der Waals surface area contributed by atoms with E-state index in [2.05, 4.69) is 52.9 Å². The average molecular weight is 391 g/mol. The number of aliphatic imine (C=N–C) groups is 1. The largest absolute Gasteiger partial charge is 0.371 e. The zero-order valence-corrected chi connectivity index (χ0v) is 16.9. The van der Waals surface area contributed by atoms with Gasteiger partial charge in [0.1, 0.15) is 5.84 Å². The van der Waals surface area contributed by atoms with Gasteiger partial charge >= 0.3 is 0 Å². The summed E-state index contributed by atoms with van der Waals surface area (Å²) in [6, 6.07) is 18.4. The molecule has 4 rings (SSSR count). The first-order chi connectivity index (χ1) is 13.7. The molecule has 0 radical (unpaired) electrons. The predicted molar refractivity (Wildman–Crippen MR) is 118 cm³/mol. The van der Waals surface area contributed by atoms with Crippen molar-refractivity contribution in [2.24, 2.45) is 4.99 Å². The van der Waals surface area contributed by atoms with Crippen LogP contribution >= 0.6 is 11.6 Å². The maximum Gasteiger partial charge on any atom is 0.142 e. The average Bonchev–Trinajstić information content (AvgIpc) is 2.74. The van der Waals surface area contributed by atoms with Gasteiger partial charge in [0, 0.05) is 35.6 Å². The van der Waals surface area contributed by atoms with E-state index in [1.807, 2.05) is 42.7 Å². The molecular weight excluding hydrogens is 368 g/mol. The van der Waals surface area contributed by atoms with E-state index in [4.69, 9.17) is 16.6 Å². The maximum atomic E-state index is 6.11. The smallest absolute Gasteiger partial charge is 0.142 e. The lowest BCUT2D eigenvalue weighted by Gasteiger charge is -2.31. The Kier molecular flexibility index (Phi) is 5.31. The quantitative estimate of drug-likeness (QED) is 0.561. The van der Waals surface area contributed by atoms with E-state index in [9.17, 15) is 0 Å². The number of para-hydroxylation sites is 1. The van der Waals surface area contributed by atoms with Gasteiger partial charge in [-0.3, -0.25) is 4.98 Å². The van der Waals surface area contributed by atoms with E-state index in [1.54, 1.807) is 0 Å². The van der Waals surface area contributed by atoms with Crippen molar-refractivity contribution >= 4 is 34.5 Å². The van der Waals surface area contributed by atoms with Gasteiger partial charge in [-0.15, -0.1) is 0 Å². The van der Waals surface area contributed by atoms with Crippen LogP contribution in [0.25, 0.3) is 0 Å². The number of anilines is 2. The lowest BCUT2D eigenvalue weighted by molar-refractivity contribution is 0.862. The predicted octanol–water partition coefficient (Wildman–Crippen LogP) is 5.68. The fourth-order valence-electron chi connectivity index (χ4n) is 3.54. The van der Waals surface area contributed by atoms with Gasteiger partial charge in [-0.1, -0.05) is 29.8 Å². The van der Waals surface area contributed by atoms with Gasteiger partial charge < -0.3 is 9.80 Å². The number of fused-ring (bicyclic) bond motifs is 1. The van der Waals surface area contributed by atoms with E-state index < -0.39 is 0 Å². The van der Waals surface area contributed by atoms with Crippen molar-refractivity contribution in [3.05, 3.63) is 83.1 Å². The summed E-state index contributed by atoms with van der Waals surface area (Å²) < 4.78 is 0. The van der Waals surface area contributed by atoms with Crippen LogP contribution in [0.5, 0.6) is 0 Å². The minimum absolute atomic E-state index is 0.727. The number of halogens is 1. The standard InChI is InChI=1S/C23H23ClN4/c1-3-27(4-2)21-13-18(14-25-15-21)23-26-22-8-6-5-7-17(22)16-28(23)20-11-9-19(24)10-12-20/h5-15H,3-4,16H2,1-2H3. The molecule has 4 nitrogen and oxygen atoms in total. The molecule has 142 valence electrons. The molecule has 0 bridgehead atoms. The highest BCUT2D eigenvalue weighted by Gasteiger charge is 2.23. The Morgan fingerprint density at radius 1 is 1.00 bits per heavy atom. The number of amidine groups is 1. The van der Waals surface area contributed by atoms with Gasteiger partial charge in [0.15, 0.2) is 0 Å². The Morgan fingerprint density at radius 3 is 2.50 bits per heavy atom. The van der Waals surface area contributed by atoms with Crippen LogP contribution in [-0.2, 0) is 6.54 Å². The third-order valence-electron chi connectivity index (χ3n) is 5.05. The second-order valence-corrected chi connectivity index (χ2v) is 7.17. The molecule has 0 atom stereocenters. The van der Waals surface area contributed by atoms with Crippen LogP contribution in [0.1, 0.15) is 25.0 Å². The van der Waals surface area contributed by atoms with Gasteiger partial charge in [-0.25, -0.2) is 4.99 Å². The third kappa shape index (κ3) is 3.60. The minimum Gasteiger partial charge on any atom is -0.371 e. The molecule has 0 saturated carbocycles. The number of aromatic nitrogens is 1. The second-order valence-electron chi connectivity index (χ2n) is 6.73. The molecule has 0 aliphatic carbocycles. The summed E-state index contributed by atoms with van der Waals surface area (Å²) in [7, 11) is 0. The summed E-state index contributed by atoms with van der Waals surface area (Å²) in [5.41, 5.74) is 5.39. The number of nitrogens with zero attached hydrogens (tertiary/aromatic N) is 4. The van der Waals surface area contributed by atoms with E-state index in [1.165, 1.54) is 5.56 Å². The molecule has 3 aromatic rings. The topological polar surface area (TPSA) is 31.7 Å². The molecule has 0 amide bonds. The van der Waals surface area contributed by atoms with Gasteiger partial charge in [0.05, 0.1) is 24.1 Å². The molecule has 0 fully saturated rings. The first-order valence-corrected chi connectivity index (χ1v) is 9.97. The fourth-order valence-corrected chi connectivity index (χ4v) is 3.67. The second kappa shape index (κ2) is 8.03. The SMILES string of the molecule is CCN(CC)c1cncc(C2=Nc3ccccc3CN2c2ccc(Cl)cc2)c1. The Balaban J connectivity index is 1.82. The van der Waals surface area contributed by atoms with Crippen LogP contribution in [0.2, 0.25) is 5.02 Å². The van der Waals surface area contributed by atoms with E-state index in [0.29, 0.717) is 0 Å². The van der Waals surface area contributed by atoms with Crippen LogP contribution < -0.4 is 9.80 Å². The number of pyridine rings is 1. The lowest BCUT2D eigenvalue weighted by atomic mass is 10.1. The highest BCUT2D eigenvalue weighted by molar-refractivity contribution is 6.30. The van der Waals surface area contributed by atoms with Crippen molar-refractivity contribution in [1.82, 2.24) is 4.98 Å². The molecule has 2 heterocycles. The van der Waals surface area contributed by atoms with Crippen LogP contribution in [0.3, 0.4) is 0 Å². The Labute approximate surface area is 171 Å². The van der Waals surface area contributed by atoms with Crippen molar-refractivity contribution in [3.8, 4) is 0 Å². The first kappa shape index (κ1) is 18.5. The van der Waals surface area contributed by atoms with Gasteiger partial charge in [0.2, 0.25) is 0 Å². The molecule has 0 saturated heterocycles. The molecule has 0 spiro atoms. The molecule has 1 aliphatic rings. The summed E-state index contributed by atoms with van der Waals surface area (Å²) in [5, 5.41) is 0.727. The van der Waals surface area contributed by atoms with Crippen molar-refractivity contribution in [3.63, 3.8) is 0 Å². The summed E-state index contributed by atoms with van der Waals surface area (Å²) in [4.78, 5) is 14.0. The molecule has 28 heavy (non-hydrogen) atoms. The Morgan fingerprint density at radius 2 is 1.75 bits per heavy atom. The molecule has 0 unspecified atom stereocenters. The molecule has 5 heteroatoms. The summed E-state index contributed by atoms with van der Waals surface area (Å²) >= 11 is 6.11. The van der Waals surface area contributed by atoms with Crippen LogP contribution in [0.4, 0.5) is 17.1 Å². The number of hydrogen-bond donors (Lipinski definition) is 0. The van der Waals surface area contributed by atoms with Crippen molar-refractivity contribution < 1.29 is 0 Å². The summed E-state index contributed by atoms with van der Waals surface area (Å²) in [6.45, 7) is 6.96. The molecule has 2 aromatic carbocycles. The van der Waals surface area contributed by atoms with Crippen molar-refractivity contribution in [2.75, 3.05) is 22.9 Å². The zero-order chi connectivity index (χ0) is 19.5. The highest BCUT2D eigenvalue weighted by atomic mass is 35.5. The first-order valence-electron chi connectivity index (χ1n) is 9.59. The van der Waals surface area contributed by atoms with Gasteiger partial charge in [0.25, 0.3) is 0 Å². The lowest BCUT2D eigenvalue weighted by Crippen LogP contribution is -2.34. The van der Waals surface area contributed by atoms with Crippen LogP contribution in [0, 0.1) is 0 Å². The van der Waals surface area contributed by atoms with Crippen LogP contribution in [0.15, 0.2) is 72.0 Å². The monoisotopic (exact) mass is 390 g/mol. The molecule has 1 aliphatic heterocycles. The molecule has 1 aromatic heterocycles. The van der Waals surface area contributed by atoms with Crippen molar-refractivity contribution in [1.29, 1.82) is 0 Å². The van der Waals surface area contributed by atoms with Gasteiger partial charge in [-0.2, -0.15) is 0 Å². The number of rotatable bonds is 5. The Hall–Kier alpha value is -2.85. The number of benzene rings is 2.